The van der Waals surface area contributed by atoms with Crippen molar-refractivity contribution in [3.05, 3.63) is 88.5 Å². The minimum Gasteiger partial charge on any atom is -0.493 e. The summed E-state index contributed by atoms with van der Waals surface area (Å²) in [6.45, 7) is 9.73. The zero-order chi connectivity index (χ0) is 28.5. The van der Waals surface area contributed by atoms with Crippen molar-refractivity contribution in [2.45, 2.75) is 45.7 Å². The molecule has 1 saturated heterocycles. The molecule has 1 aliphatic rings. The van der Waals surface area contributed by atoms with Crippen molar-refractivity contribution in [2.24, 2.45) is 0 Å². The van der Waals surface area contributed by atoms with Gasteiger partial charge >= 0.3 is 0 Å². The van der Waals surface area contributed by atoms with Crippen LogP contribution in [0.1, 0.15) is 43.0 Å². The lowest BCUT2D eigenvalue weighted by molar-refractivity contribution is -0.135. The normalized spacial score (nSPS) is 18.0. The zero-order valence-electron chi connectivity index (χ0n) is 23.8. The molecule has 1 unspecified atom stereocenters. The molecule has 3 aromatic rings. The Labute approximate surface area is 230 Å². The van der Waals surface area contributed by atoms with Crippen LogP contribution >= 0.6 is 0 Å². The molecule has 1 fully saturated rings. The van der Waals surface area contributed by atoms with Gasteiger partial charge in [0.1, 0.15) is 0 Å². The van der Waals surface area contributed by atoms with Crippen LogP contribution in [0.2, 0.25) is 0 Å². The summed E-state index contributed by atoms with van der Waals surface area (Å²) in [6, 6.07) is 18.9. The summed E-state index contributed by atoms with van der Waals surface area (Å²) in [5, 5.41) is 3.15. The highest BCUT2D eigenvalue weighted by molar-refractivity contribution is 6.28. The number of nitrogens with one attached hydrogen (secondary N) is 1. The Morgan fingerprint density at radius 2 is 1.44 bits per heavy atom. The third-order valence-corrected chi connectivity index (χ3v) is 6.63. The maximum atomic E-state index is 14.5. The largest absolute Gasteiger partial charge is 0.493 e. The molecular weight excluding hydrogens is 492 g/mol. The summed E-state index contributed by atoms with van der Waals surface area (Å²) in [6.07, 6.45) is 1.80. The number of hydrogen-bond acceptors (Lipinski definition) is 5. The number of anilines is 1. The van der Waals surface area contributed by atoms with Gasteiger partial charge in [0.15, 0.2) is 17.0 Å². The van der Waals surface area contributed by atoms with Crippen LogP contribution in [0.15, 0.2) is 66.2 Å². The van der Waals surface area contributed by atoms with E-state index in [-0.39, 0.29) is 11.8 Å². The molecule has 7 heteroatoms. The average Bonchev–Trinajstić information content (AvgIpc) is 2.88. The van der Waals surface area contributed by atoms with E-state index in [4.69, 9.17) is 14.2 Å². The minimum atomic E-state index is -1.46. The Hall–Kier alpha value is -4.26. The van der Waals surface area contributed by atoms with Crippen LogP contribution in [0.3, 0.4) is 0 Å². The van der Waals surface area contributed by atoms with E-state index in [0.717, 1.165) is 16.7 Å². The first-order valence-electron chi connectivity index (χ1n) is 12.8. The maximum Gasteiger partial charge on any atom is 0.259 e. The molecule has 204 valence electrons. The van der Waals surface area contributed by atoms with Crippen molar-refractivity contribution < 1.29 is 23.8 Å². The fourth-order valence-electron chi connectivity index (χ4n) is 5.14. The molecule has 0 spiro atoms. The number of amides is 2. The van der Waals surface area contributed by atoms with E-state index < -0.39 is 11.1 Å². The van der Waals surface area contributed by atoms with Gasteiger partial charge in [-0.25, -0.2) is 0 Å². The van der Waals surface area contributed by atoms with E-state index in [1.165, 1.54) is 26.2 Å². The number of β-lactam (4-membered cyclic amide) rings is 1. The molecule has 0 radical (unpaired) electrons. The van der Waals surface area contributed by atoms with Crippen LogP contribution in [-0.2, 0) is 15.1 Å². The van der Waals surface area contributed by atoms with Crippen molar-refractivity contribution in [1.82, 2.24) is 5.32 Å². The van der Waals surface area contributed by atoms with Gasteiger partial charge in [-0.2, -0.15) is 0 Å². The highest BCUT2D eigenvalue weighted by atomic mass is 16.5. The Morgan fingerprint density at radius 1 is 0.872 bits per heavy atom. The molecule has 0 saturated carbocycles. The predicted molar refractivity (Wildman–Crippen MR) is 153 cm³/mol. The molecule has 0 aromatic heterocycles. The summed E-state index contributed by atoms with van der Waals surface area (Å²) >= 11 is 0. The lowest BCUT2D eigenvalue weighted by Gasteiger charge is -2.53. The quantitative estimate of drug-likeness (QED) is 0.321. The molecule has 7 nitrogen and oxygen atoms in total. The van der Waals surface area contributed by atoms with Crippen LogP contribution in [0.25, 0.3) is 6.08 Å². The molecule has 1 atom stereocenters. The molecule has 1 heterocycles. The summed E-state index contributed by atoms with van der Waals surface area (Å²) in [5.41, 5.74) is 2.28. The van der Waals surface area contributed by atoms with E-state index >= 15 is 0 Å². The molecule has 39 heavy (non-hydrogen) atoms. The van der Waals surface area contributed by atoms with E-state index in [1.807, 2.05) is 83.1 Å². The number of methoxy groups -OCH3 is 3. The summed E-state index contributed by atoms with van der Waals surface area (Å²) in [4.78, 5) is 30.2. The minimum absolute atomic E-state index is 0.295. The van der Waals surface area contributed by atoms with Gasteiger partial charge in [0.25, 0.3) is 11.8 Å². The first-order valence-corrected chi connectivity index (χ1v) is 12.8. The number of ether oxygens (including phenoxy) is 3. The van der Waals surface area contributed by atoms with E-state index in [2.05, 4.69) is 5.32 Å². The third kappa shape index (κ3) is 4.97. The first kappa shape index (κ1) is 27.8. The Bertz CT molecular complexity index is 1390. The van der Waals surface area contributed by atoms with Crippen molar-refractivity contribution in [3.8, 4) is 17.2 Å². The van der Waals surface area contributed by atoms with E-state index in [1.54, 1.807) is 18.2 Å². The average molecular weight is 529 g/mol. The maximum absolute atomic E-state index is 14.5. The van der Waals surface area contributed by atoms with E-state index in [0.29, 0.717) is 34.1 Å². The highest BCUT2D eigenvalue weighted by Gasteiger charge is 2.63. The third-order valence-electron chi connectivity index (χ3n) is 6.63. The number of nitrogens with zero attached hydrogens (tertiary/aromatic N) is 1. The van der Waals surface area contributed by atoms with Crippen LogP contribution in [0.5, 0.6) is 17.2 Å². The van der Waals surface area contributed by atoms with Gasteiger partial charge in [0.05, 0.1) is 32.6 Å². The van der Waals surface area contributed by atoms with Crippen molar-refractivity contribution in [1.29, 1.82) is 0 Å². The van der Waals surface area contributed by atoms with Crippen LogP contribution < -0.4 is 24.4 Å². The zero-order valence-corrected chi connectivity index (χ0v) is 23.8. The van der Waals surface area contributed by atoms with Crippen molar-refractivity contribution in [3.63, 3.8) is 0 Å². The van der Waals surface area contributed by atoms with Gasteiger partial charge < -0.3 is 19.5 Å². The van der Waals surface area contributed by atoms with Gasteiger partial charge in [-0.05, 0) is 51.8 Å². The lowest BCUT2D eigenvalue weighted by Crippen LogP contribution is -2.71. The summed E-state index contributed by atoms with van der Waals surface area (Å²) in [7, 11) is 4.55. The molecule has 1 aliphatic heterocycles. The summed E-state index contributed by atoms with van der Waals surface area (Å²) in [5.74, 6) is 0.552. The van der Waals surface area contributed by atoms with Gasteiger partial charge in [-0.15, -0.1) is 0 Å². The van der Waals surface area contributed by atoms with Crippen molar-refractivity contribution in [2.75, 3.05) is 26.2 Å². The summed E-state index contributed by atoms with van der Waals surface area (Å²) < 4.78 is 16.7. The Balaban J connectivity index is 2.08. The highest BCUT2D eigenvalue weighted by Crippen LogP contribution is 2.53. The molecule has 2 amide bonds. The molecule has 0 bridgehead atoms. The fourth-order valence-corrected chi connectivity index (χ4v) is 5.14. The second kappa shape index (κ2) is 10.5. The monoisotopic (exact) mass is 528 g/mol. The van der Waals surface area contributed by atoms with Gasteiger partial charge in [-0.1, -0.05) is 59.7 Å². The fraction of sp³-hybridized carbons (Fsp3) is 0.312. The molecule has 3 aromatic carbocycles. The van der Waals surface area contributed by atoms with Crippen LogP contribution in [0, 0.1) is 13.8 Å². The lowest BCUT2D eigenvalue weighted by atomic mass is 9.70. The molecule has 0 aliphatic carbocycles. The number of hydrogen-bond donors (Lipinski definition) is 1. The SMILES string of the molecule is COc1cc(N2C(=O)/C(=C\c3ccccc3)C2(C(=O)NC(C)(C)C)c2cc(C)cc(C)c2)cc(OC)c1OC. The van der Waals surface area contributed by atoms with Crippen molar-refractivity contribution >= 4 is 23.6 Å². The molecule has 4 rings (SSSR count). The Morgan fingerprint density at radius 3 is 1.92 bits per heavy atom. The van der Waals surface area contributed by atoms with Gasteiger partial charge in [0.2, 0.25) is 5.75 Å². The second-order valence-corrected chi connectivity index (χ2v) is 10.8. The van der Waals surface area contributed by atoms with Gasteiger partial charge in [0, 0.05) is 17.7 Å². The topological polar surface area (TPSA) is 77.1 Å². The number of rotatable bonds is 7. The number of benzene rings is 3. The predicted octanol–water partition coefficient (Wildman–Crippen LogP) is 5.57. The standard InChI is InChI=1S/C32H36N2O5/c1-20-14-21(2)16-23(15-20)32(30(36)33-31(3,4)5)25(17-22-12-10-9-11-13-22)29(35)34(32)24-18-26(37-6)28(39-8)27(19-24)38-7/h9-19H,1-8H3,(H,33,36)/b25-17+. The van der Waals surface area contributed by atoms with E-state index in [9.17, 15) is 9.59 Å². The second-order valence-electron chi connectivity index (χ2n) is 10.8. The van der Waals surface area contributed by atoms with Crippen LogP contribution in [0.4, 0.5) is 5.69 Å². The van der Waals surface area contributed by atoms with Gasteiger partial charge in [-0.3, -0.25) is 14.5 Å². The first-order chi connectivity index (χ1) is 18.5. The molecule has 1 N–H and O–H groups in total. The molecular formula is C32H36N2O5. The number of carbonyl (C=O) groups is 2. The van der Waals surface area contributed by atoms with Crippen LogP contribution in [-0.4, -0.2) is 38.7 Å². The Kier molecular flexibility index (Phi) is 7.46. The smallest absolute Gasteiger partial charge is 0.259 e. The number of aryl methyl sites for hydroxylation is 2. The number of carbonyl (C=O) groups excluding carboxylic acids is 2.